The Morgan fingerprint density at radius 1 is 1.28 bits per heavy atom. The van der Waals surface area contributed by atoms with E-state index in [0.29, 0.717) is 23.0 Å². The molecule has 3 rings (SSSR count). The standard InChI is InChI=1S/C18H21FN4O2/c1-18(2,3)13-5-6-15(24-4)14(9-13)16-21-17(25-22-16)12-10-20-23(11-12)8-7-19/h5-6,9-11H,7-8H2,1-4H3. The van der Waals surface area contributed by atoms with E-state index in [1.165, 1.54) is 4.68 Å². The van der Waals surface area contributed by atoms with E-state index in [0.717, 1.165) is 11.1 Å². The smallest absolute Gasteiger partial charge is 0.261 e. The van der Waals surface area contributed by atoms with E-state index in [1.54, 1.807) is 19.5 Å². The van der Waals surface area contributed by atoms with E-state index in [1.807, 2.05) is 18.2 Å². The van der Waals surface area contributed by atoms with Crippen molar-refractivity contribution in [2.45, 2.75) is 32.7 Å². The minimum absolute atomic E-state index is 0.0128. The molecule has 0 saturated heterocycles. The quantitative estimate of drug-likeness (QED) is 0.703. The fourth-order valence-corrected chi connectivity index (χ4v) is 2.48. The van der Waals surface area contributed by atoms with Crippen molar-refractivity contribution in [1.82, 2.24) is 19.9 Å². The Kier molecular flexibility index (Phi) is 4.57. The van der Waals surface area contributed by atoms with Crippen LogP contribution in [0.3, 0.4) is 0 Å². The summed E-state index contributed by atoms with van der Waals surface area (Å²) in [4.78, 5) is 4.45. The van der Waals surface area contributed by atoms with Crippen LogP contribution in [0.5, 0.6) is 5.75 Å². The molecule has 0 fully saturated rings. The van der Waals surface area contributed by atoms with Crippen LogP contribution in [0.2, 0.25) is 0 Å². The van der Waals surface area contributed by atoms with Crippen LogP contribution in [0.25, 0.3) is 22.8 Å². The van der Waals surface area contributed by atoms with Crippen LogP contribution in [-0.4, -0.2) is 33.7 Å². The van der Waals surface area contributed by atoms with E-state index >= 15 is 0 Å². The lowest BCUT2D eigenvalue weighted by molar-refractivity contribution is 0.413. The molecular weight excluding hydrogens is 323 g/mol. The summed E-state index contributed by atoms with van der Waals surface area (Å²) in [6.45, 7) is 6.13. The zero-order valence-electron chi connectivity index (χ0n) is 14.8. The Balaban J connectivity index is 1.98. The Morgan fingerprint density at radius 2 is 2.08 bits per heavy atom. The summed E-state index contributed by atoms with van der Waals surface area (Å²) in [6, 6.07) is 5.95. The number of hydrogen-bond donors (Lipinski definition) is 0. The van der Waals surface area contributed by atoms with Crippen molar-refractivity contribution < 1.29 is 13.7 Å². The first-order chi connectivity index (χ1) is 11.9. The summed E-state index contributed by atoms with van der Waals surface area (Å²) >= 11 is 0. The van der Waals surface area contributed by atoms with Crippen LogP contribution in [-0.2, 0) is 12.0 Å². The van der Waals surface area contributed by atoms with Crippen LogP contribution >= 0.6 is 0 Å². The fourth-order valence-electron chi connectivity index (χ4n) is 2.48. The van der Waals surface area contributed by atoms with Gasteiger partial charge in [-0.15, -0.1) is 0 Å². The number of halogens is 1. The lowest BCUT2D eigenvalue weighted by atomic mass is 9.86. The predicted molar refractivity (Wildman–Crippen MR) is 92.2 cm³/mol. The average molecular weight is 344 g/mol. The molecule has 0 radical (unpaired) electrons. The molecule has 1 aromatic carbocycles. The number of methoxy groups -OCH3 is 1. The first-order valence-electron chi connectivity index (χ1n) is 8.04. The Bertz CT molecular complexity index is 864. The van der Waals surface area contributed by atoms with Crippen LogP contribution in [0, 0.1) is 0 Å². The highest BCUT2D eigenvalue weighted by Gasteiger charge is 2.20. The van der Waals surface area contributed by atoms with Crippen LogP contribution in [0.4, 0.5) is 4.39 Å². The molecule has 0 unspecified atom stereocenters. The first kappa shape index (κ1) is 17.1. The summed E-state index contributed by atoms with van der Waals surface area (Å²) in [5, 5.41) is 8.14. The van der Waals surface area contributed by atoms with Crippen molar-refractivity contribution in [1.29, 1.82) is 0 Å². The van der Waals surface area contributed by atoms with Gasteiger partial charge in [0.1, 0.15) is 12.4 Å². The number of alkyl halides is 1. The summed E-state index contributed by atoms with van der Waals surface area (Å²) in [5.74, 6) is 1.45. The van der Waals surface area contributed by atoms with E-state index in [-0.39, 0.29) is 12.0 Å². The summed E-state index contributed by atoms with van der Waals surface area (Å²) < 4.78 is 24.7. The second-order valence-corrected chi connectivity index (χ2v) is 6.77. The third-order valence-corrected chi connectivity index (χ3v) is 3.93. The van der Waals surface area contributed by atoms with Crippen molar-refractivity contribution in [2.24, 2.45) is 0 Å². The molecule has 0 bridgehead atoms. The van der Waals surface area contributed by atoms with Gasteiger partial charge in [-0.3, -0.25) is 4.68 Å². The highest BCUT2D eigenvalue weighted by atomic mass is 19.1. The van der Waals surface area contributed by atoms with Gasteiger partial charge in [0.2, 0.25) is 5.82 Å². The van der Waals surface area contributed by atoms with Crippen molar-refractivity contribution in [3.63, 3.8) is 0 Å². The normalized spacial score (nSPS) is 11.7. The molecule has 3 aromatic rings. The second-order valence-electron chi connectivity index (χ2n) is 6.77. The SMILES string of the molecule is COc1ccc(C(C)(C)C)cc1-c1noc(-c2cnn(CCF)c2)n1. The molecule has 0 saturated carbocycles. The molecule has 25 heavy (non-hydrogen) atoms. The molecule has 0 N–H and O–H groups in total. The number of benzene rings is 1. The molecule has 0 atom stereocenters. The van der Waals surface area contributed by atoms with Crippen LogP contribution in [0.1, 0.15) is 26.3 Å². The Morgan fingerprint density at radius 3 is 2.76 bits per heavy atom. The van der Waals surface area contributed by atoms with E-state index in [4.69, 9.17) is 9.26 Å². The Labute approximate surface area is 145 Å². The molecule has 2 aromatic heterocycles. The number of aromatic nitrogens is 4. The average Bonchev–Trinajstić information content (AvgIpc) is 3.22. The maximum Gasteiger partial charge on any atom is 0.261 e. The lowest BCUT2D eigenvalue weighted by Gasteiger charge is -2.20. The van der Waals surface area contributed by atoms with Gasteiger partial charge in [0.25, 0.3) is 5.89 Å². The second kappa shape index (κ2) is 6.66. The third kappa shape index (κ3) is 3.55. The van der Waals surface area contributed by atoms with Crippen molar-refractivity contribution in [2.75, 3.05) is 13.8 Å². The number of nitrogens with zero attached hydrogens (tertiary/aromatic N) is 4. The maximum atomic E-state index is 12.4. The zero-order chi connectivity index (χ0) is 18.0. The number of rotatable bonds is 5. The minimum atomic E-state index is -0.479. The molecule has 0 amide bonds. The molecule has 0 aliphatic carbocycles. The topological polar surface area (TPSA) is 66.0 Å². The largest absolute Gasteiger partial charge is 0.496 e. The molecule has 0 aliphatic rings. The molecule has 132 valence electrons. The first-order valence-corrected chi connectivity index (χ1v) is 8.04. The highest BCUT2D eigenvalue weighted by molar-refractivity contribution is 5.67. The van der Waals surface area contributed by atoms with Gasteiger partial charge in [-0.2, -0.15) is 10.1 Å². The predicted octanol–water partition coefficient (Wildman–Crippen LogP) is 3.88. The highest BCUT2D eigenvalue weighted by Crippen LogP contribution is 2.34. The van der Waals surface area contributed by atoms with Crippen LogP contribution in [0.15, 0.2) is 35.1 Å². The van der Waals surface area contributed by atoms with Gasteiger partial charge in [0, 0.05) is 6.20 Å². The van der Waals surface area contributed by atoms with Crippen molar-refractivity contribution in [3.05, 3.63) is 36.2 Å². The molecule has 0 aliphatic heterocycles. The number of aryl methyl sites for hydroxylation is 1. The molecule has 6 nitrogen and oxygen atoms in total. The van der Waals surface area contributed by atoms with E-state index in [2.05, 4.69) is 36.0 Å². The van der Waals surface area contributed by atoms with Crippen molar-refractivity contribution in [3.8, 4) is 28.6 Å². The fraction of sp³-hybridized carbons (Fsp3) is 0.389. The molecule has 0 spiro atoms. The molecular formula is C18H21FN4O2. The maximum absolute atomic E-state index is 12.4. The van der Waals surface area contributed by atoms with Gasteiger partial charge in [-0.25, -0.2) is 4.39 Å². The monoisotopic (exact) mass is 344 g/mol. The summed E-state index contributed by atoms with van der Waals surface area (Å²) in [6.07, 6.45) is 3.26. The van der Waals surface area contributed by atoms with Gasteiger partial charge >= 0.3 is 0 Å². The number of ether oxygens (including phenoxy) is 1. The van der Waals surface area contributed by atoms with E-state index < -0.39 is 6.67 Å². The van der Waals surface area contributed by atoms with Gasteiger partial charge in [0.05, 0.1) is 31.0 Å². The number of hydrogen-bond acceptors (Lipinski definition) is 5. The lowest BCUT2D eigenvalue weighted by Crippen LogP contribution is -2.11. The van der Waals surface area contributed by atoms with Gasteiger partial charge in [-0.05, 0) is 23.1 Å². The third-order valence-electron chi connectivity index (χ3n) is 3.93. The van der Waals surface area contributed by atoms with Gasteiger partial charge in [-0.1, -0.05) is 32.0 Å². The van der Waals surface area contributed by atoms with E-state index in [9.17, 15) is 4.39 Å². The van der Waals surface area contributed by atoms with Crippen molar-refractivity contribution >= 4 is 0 Å². The van der Waals surface area contributed by atoms with Gasteiger partial charge < -0.3 is 9.26 Å². The molecule has 7 heteroatoms. The summed E-state index contributed by atoms with van der Waals surface area (Å²) in [5.41, 5.74) is 2.55. The minimum Gasteiger partial charge on any atom is -0.496 e. The summed E-state index contributed by atoms with van der Waals surface area (Å²) in [7, 11) is 1.61. The van der Waals surface area contributed by atoms with Crippen LogP contribution < -0.4 is 4.74 Å². The molecule has 2 heterocycles. The Hall–Kier alpha value is -2.70. The van der Waals surface area contributed by atoms with Gasteiger partial charge in [0.15, 0.2) is 0 Å². The zero-order valence-corrected chi connectivity index (χ0v) is 14.8.